The van der Waals surface area contributed by atoms with Crippen LogP contribution in [0, 0.1) is 0 Å². The van der Waals surface area contributed by atoms with Crippen LogP contribution in [0.2, 0.25) is 0 Å². The van der Waals surface area contributed by atoms with E-state index >= 15 is 0 Å². The van der Waals surface area contributed by atoms with Crippen molar-refractivity contribution in [3.63, 3.8) is 0 Å². The molecule has 0 aliphatic heterocycles. The SMILES string of the molecule is [2H]c1c([2H])c([2H])c(-c2c([2H])c([2H])c(N(c3cccc4c3-c3ccccc3C4(c3ccccc3)c3ccccc3)c3c([2H])c([2H])c([2H])c(-c4cccc5ccccc45)c3[2H])c([2H])c2[2H])c([2H])c1[2H]. The molecule has 1 aliphatic carbocycles. The Morgan fingerprint density at radius 1 is 0.407 bits per heavy atom. The molecule has 1 heteroatoms. The van der Waals surface area contributed by atoms with Gasteiger partial charge >= 0.3 is 0 Å². The summed E-state index contributed by atoms with van der Waals surface area (Å²) in [5.74, 6) is 0. The summed E-state index contributed by atoms with van der Waals surface area (Å²) >= 11 is 0. The summed E-state index contributed by atoms with van der Waals surface area (Å²) in [6.45, 7) is 0. The molecule has 0 heterocycles. The molecular weight excluding hydrogens is 651 g/mol. The second-order valence-electron chi connectivity index (χ2n) is 13.0. The van der Waals surface area contributed by atoms with E-state index in [2.05, 4.69) is 0 Å². The average Bonchev–Trinajstić information content (AvgIpc) is 3.66. The van der Waals surface area contributed by atoms with Gasteiger partial charge in [-0.3, -0.25) is 0 Å². The van der Waals surface area contributed by atoms with Crippen LogP contribution < -0.4 is 4.90 Å². The first-order valence-corrected chi connectivity index (χ1v) is 17.6. The second-order valence-corrected chi connectivity index (χ2v) is 13.0. The van der Waals surface area contributed by atoms with Gasteiger partial charge in [0.25, 0.3) is 0 Å². The zero-order valence-electron chi connectivity index (χ0n) is 41.8. The summed E-state index contributed by atoms with van der Waals surface area (Å²) in [6, 6.07) is 37.8. The molecule has 0 aromatic heterocycles. The Bertz CT molecular complexity index is 3420. The predicted octanol–water partition coefficient (Wildman–Crippen LogP) is 14.0. The third-order valence-corrected chi connectivity index (χ3v) is 10.2. The topological polar surface area (TPSA) is 3.24 Å². The first kappa shape index (κ1) is 20.9. The standard InChI is InChI=1S/C53H37N/c1-4-17-38(18-5-1)39-33-35-44(36-34-39)54(45-26-14-21-41(37-45)47-29-15-20-40-19-10-11-27-46(40)47)51-32-16-31-50-52(51)48-28-12-13-30-49(48)53(50,42-22-6-2-7-23-42)43-24-8-3-9-25-43/h1-37H/i1D,4D,5D,14D,17D,18D,21D,26D,33D,34D,35D,36D,37D. The van der Waals surface area contributed by atoms with Crippen molar-refractivity contribution in [3.05, 3.63) is 246 Å². The number of nitrogens with zero attached hydrogens (tertiary/aromatic N) is 1. The van der Waals surface area contributed by atoms with Crippen LogP contribution in [0.1, 0.15) is 40.1 Å². The minimum atomic E-state index is -0.955. The molecule has 0 radical (unpaired) electrons. The van der Waals surface area contributed by atoms with E-state index in [4.69, 9.17) is 6.85 Å². The van der Waals surface area contributed by atoms with E-state index in [0.29, 0.717) is 16.5 Å². The Kier molecular flexibility index (Phi) is 5.12. The molecule has 9 aromatic carbocycles. The van der Waals surface area contributed by atoms with Gasteiger partial charge in [0.1, 0.15) is 0 Å². The van der Waals surface area contributed by atoms with Gasteiger partial charge in [0.05, 0.1) is 28.9 Å². The van der Waals surface area contributed by atoms with Gasteiger partial charge in [0, 0.05) is 16.9 Å². The fourth-order valence-corrected chi connectivity index (χ4v) is 7.95. The van der Waals surface area contributed by atoms with Crippen molar-refractivity contribution in [2.75, 3.05) is 4.90 Å². The van der Waals surface area contributed by atoms with Crippen molar-refractivity contribution < 1.29 is 17.8 Å². The molecule has 0 saturated carbocycles. The Balaban J connectivity index is 1.38. The van der Waals surface area contributed by atoms with Gasteiger partial charge in [-0.25, -0.2) is 0 Å². The lowest BCUT2D eigenvalue weighted by Gasteiger charge is -2.34. The third kappa shape index (κ3) is 5.09. The monoisotopic (exact) mass is 700 g/mol. The van der Waals surface area contributed by atoms with Crippen LogP contribution in [0.3, 0.4) is 0 Å². The molecule has 9 aromatic rings. The fraction of sp³-hybridized carbons (Fsp3) is 0.0189. The summed E-state index contributed by atoms with van der Waals surface area (Å²) < 4.78 is 120. The molecule has 0 amide bonds. The minimum Gasteiger partial charge on any atom is -0.310 e. The number of hydrogen-bond donors (Lipinski definition) is 0. The maximum Gasteiger partial charge on any atom is 0.0714 e. The van der Waals surface area contributed by atoms with Crippen LogP contribution in [-0.4, -0.2) is 0 Å². The van der Waals surface area contributed by atoms with Crippen LogP contribution in [0.4, 0.5) is 17.1 Å². The molecule has 0 N–H and O–H groups in total. The van der Waals surface area contributed by atoms with Crippen LogP contribution in [0.25, 0.3) is 44.2 Å². The van der Waals surface area contributed by atoms with E-state index < -0.39 is 88.7 Å². The van der Waals surface area contributed by atoms with Gasteiger partial charge in [0.15, 0.2) is 0 Å². The Hall–Kier alpha value is -6.96. The highest BCUT2D eigenvalue weighted by atomic mass is 15.1. The van der Waals surface area contributed by atoms with Gasteiger partial charge in [-0.1, -0.05) is 194 Å². The van der Waals surface area contributed by atoms with E-state index in [1.54, 1.807) is 24.3 Å². The van der Waals surface area contributed by atoms with Gasteiger partial charge in [-0.05, 0) is 91.1 Å². The van der Waals surface area contributed by atoms with Gasteiger partial charge in [0.2, 0.25) is 0 Å². The highest BCUT2D eigenvalue weighted by molar-refractivity contribution is 6.00. The molecule has 0 spiro atoms. The van der Waals surface area contributed by atoms with E-state index in [0.717, 1.165) is 33.2 Å². The van der Waals surface area contributed by atoms with E-state index in [1.165, 1.54) is 4.90 Å². The third-order valence-electron chi connectivity index (χ3n) is 10.2. The Morgan fingerprint density at radius 2 is 1.00 bits per heavy atom. The Labute approximate surface area is 335 Å². The van der Waals surface area contributed by atoms with Gasteiger partial charge in [-0.15, -0.1) is 0 Å². The quantitative estimate of drug-likeness (QED) is 0.160. The zero-order chi connectivity index (χ0) is 47.2. The van der Waals surface area contributed by atoms with Crippen LogP contribution >= 0.6 is 0 Å². The molecule has 54 heavy (non-hydrogen) atoms. The molecule has 1 aliphatic rings. The van der Waals surface area contributed by atoms with Crippen molar-refractivity contribution >= 4 is 27.8 Å². The molecule has 254 valence electrons. The van der Waals surface area contributed by atoms with Crippen molar-refractivity contribution in [2.24, 2.45) is 0 Å². The highest BCUT2D eigenvalue weighted by Gasteiger charge is 2.47. The number of fused-ring (bicyclic) bond motifs is 4. The largest absolute Gasteiger partial charge is 0.310 e. The lowest BCUT2D eigenvalue weighted by molar-refractivity contribution is 0.768. The van der Waals surface area contributed by atoms with E-state index in [-0.39, 0.29) is 29.0 Å². The lowest BCUT2D eigenvalue weighted by Crippen LogP contribution is -2.28. The van der Waals surface area contributed by atoms with Gasteiger partial charge in [-0.2, -0.15) is 0 Å². The smallest absolute Gasteiger partial charge is 0.0714 e. The normalized spacial score (nSPS) is 16.0. The molecule has 0 atom stereocenters. The molecule has 10 rings (SSSR count). The summed E-state index contributed by atoms with van der Waals surface area (Å²) in [5, 5.41) is 1.48. The zero-order valence-corrected chi connectivity index (χ0v) is 28.8. The van der Waals surface area contributed by atoms with E-state index in [9.17, 15) is 11.0 Å². The maximum atomic E-state index is 10.1. The van der Waals surface area contributed by atoms with Crippen LogP contribution in [0.15, 0.2) is 224 Å². The maximum absolute atomic E-state index is 10.1. The van der Waals surface area contributed by atoms with Crippen molar-refractivity contribution in [1.82, 2.24) is 0 Å². The molecule has 0 fully saturated rings. The molecule has 0 bridgehead atoms. The Morgan fingerprint density at radius 3 is 1.78 bits per heavy atom. The average molecular weight is 701 g/mol. The second kappa shape index (κ2) is 13.2. The number of hydrogen-bond acceptors (Lipinski definition) is 1. The van der Waals surface area contributed by atoms with Crippen LogP contribution in [-0.2, 0) is 5.41 Å². The van der Waals surface area contributed by atoms with Crippen molar-refractivity contribution in [3.8, 4) is 33.4 Å². The number of benzene rings is 9. The van der Waals surface area contributed by atoms with E-state index in [1.807, 2.05) is 121 Å². The van der Waals surface area contributed by atoms with Crippen molar-refractivity contribution in [2.45, 2.75) is 5.41 Å². The van der Waals surface area contributed by atoms with Crippen molar-refractivity contribution in [1.29, 1.82) is 0 Å². The molecule has 0 saturated heterocycles. The number of anilines is 3. The first-order valence-electron chi connectivity index (χ1n) is 24.1. The summed E-state index contributed by atoms with van der Waals surface area (Å²) in [4.78, 5) is 1.32. The first-order chi connectivity index (χ1) is 32.2. The van der Waals surface area contributed by atoms with Crippen LogP contribution in [0.5, 0.6) is 0 Å². The predicted molar refractivity (Wildman–Crippen MR) is 227 cm³/mol. The molecule has 1 nitrogen and oxygen atoms in total. The summed E-state index contributed by atoms with van der Waals surface area (Å²) in [7, 11) is 0. The van der Waals surface area contributed by atoms with Gasteiger partial charge < -0.3 is 4.90 Å². The lowest BCUT2D eigenvalue weighted by atomic mass is 9.68. The summed E-state index contributed by atoms with van der Waals surface area (Å²) in [6.07, 6.45) is 0. The highest BCUT2D eigenvalue weighted by Crippen LogP contribution is 2.59. The molecule has 0 unspecified atom stereocenters. The fourth-order valence-electron chi connectivity index (χ4n) is 7.95. The molecular formula is C53H37N. The summed E-state index contributed by atoms with van der Waals surface area (Å²) in [5.41, 5.74) is 2.85. The number of rotatable bonds is 7. The minimum absolute atomic E-state index is 0.0136.